The number of primary amides is 1. The summed E-state index contributed by atoms with van der Waals surface area (Å²) in [5, 5.41) is 3.50. The molecule has 0 bridgehead atoms. The molecule has 1 unspecified atom stereocenters. The Hall–Kier alpha value is -2.02. The number of hydrogen-bond acceptors (Lipinski definition) is 5. The highest BCUT2D eigenvalue weighted by Gasteiger charge is 2.24. The molecule has 1 atom stereocenters. The Bertz CT molecular complexity index is 552. The van der Waals surface area contributed by atoms with E-state index >= 15 is 0 Å². The van der Waals surface area contributed by atoms with Gasteiger partial charge in [0, 0.05) is 25.3 Å². The predicted octanol–water partition coefficient (Wildman–Crippen LogP) is 1.48. The highest BCUT2D eigenvalue weighted by atomic mass is 35.5. The molecule has 0 spiro atoms. The molecule has 1 aliphatic rings. The Kier molecular flexibility index (Phi) is 4.85. The minimum Gasteiger partial charge on any atom is -0.453 e. The maximum atomic E-state index is 11.5. The zero-order chi connectivity index (χ0) is 15.4. The van der Waals surface area contributed by atoms with Crippen molar-refractivity contribution in [3.63, 3.8) is 0 Å². The Morgan fingerprint density at radius 2 is 2.33 bits per heavy atom. The first kappa shape index (κ1) is 15.4. The van der Waals surface area contributed by atoms with E-state index in [1.807, 2.05) is 0 Å². The smallest absolute Gasteiger partial charge is 0.409 e. The third-order valence-electron chi connectivity index (χ3n) is 3.32. The number of hydrogen-bond donors (Lipinski definition) is 2. The molecule has 1 saturated heterocycles. The minimum atomic E-state index is -0.578. The number of ether oxygens (including phenoxy) is 1. The average Bonchev–Trinajstić information content (AvgIpc) is 2.48. The van der Waals surface area contributed by atoms with Crippen molar-refractivity contribution in [3.05, 3.63) is 22.8 Å². The molecule has 1 aromatic rings. The van der Waals surface area contributed by atoms with Crippen molar-refractivity contribution in [2.24, 2.45) is 5.73 Å². The van der Waals surface area contributed by atoms with Crippen molar-refractivity contribution in [3.8, 4) is 0 Å². The molecule has 0 saturated carbocycles. The Labute approximate surface area is 127 Å². The number of carbonyl (C=O) groups excluding carboxylic acids is 2. The molecular formula is C13H17ClN4O3. The normalized spacial score (nSPS) is 18.2. The van der Waals surface area contributed by atoms with E-state index in [-0.39, 0.29) is 17.7 Å². The number of halogens is 1. The molecule has 0 aliphatic carbocycles. The molecule has 1 fully saturated rings. The number of anilines is 1. The Morgan fingerprint density at radius 1 is 1.57 bits per heavy atom. The lowest BCUT2D eigenvalue weighted by molar-refractivity contribution is 0.0999. The van der Waals surface area contributed by atoms with Crippen LogP contribution in [0.1, 0.15) is 23.2 Å². The average molecular weight is 313 g/mol. The third-order valence-corrected chi connectivity index (χ3v) is 3.61. The van der Waals surface area contributed by atoms with Gasteiger partial charge < -0.3 is 20.7 Å². The van der Waals surface area contributed by atoms with Crippen molar-refractivity contribution in [1.82, 2.24) is 9.88 Å². The van der Waals surface area contributed by atoms with Crippen LogP contribution in [0.4, 0.5) is 10.6 Å². The van der Waals surface area contributed by atoms with Crippen LogP contribution >= 0.6 is 11.6 Å². The second-order valence-corrected chi connectivity index (χ2v) is 5.23. The molecule has 2 rings (SSSR count). The fraction of sp³-hybridized carbons (Fsp3) is 0.462. The van der Waals surface area contributed by atoms with Gasteiger partial charge in [0.25, 0.3) is 0 Å². The van der Waals surface area contributed by atoms with Gasteiger partial charge in [0.05, 0.1) is 17.7 Å². The van der Waals surface area contributed by atoms with E-state index in [4.69, 9.17) is 22.1 Å². The number of methoxy groups -OCH3 is 1. The maximum Gasteiger partial charge on any atom is 0.409 e. The lowest BCUT2D eigenvalue weighted by atomic mass is 10.1. The first-order chi connectivity index (χ1) is 10.0. The van der Waals surface area contributed by atoms with Gasteiger partial charge in [-0.1, -0.05) is 11.6 Å². The highest BCUT2D eigenvalue weighted by Crippen LogP contribution is 2.23. The van der Waals surface area contributed by atoms with Gasteiger partial charge in [0.2, 0.25) is 5.91 Å². The number of nitrogens with one attached hydrogen (secondary N) is 1. The number of amides is 2. The molecule has 1 aromatic heterocycles. The van der Waals surface area contributed by atoms with Gasteiger partial charge in [-0.2, -0.15) is 0 Å². The van der Waals surface area contributed by atoms with Crippen LogP contribution in [-0.2, 0) is 4.74 Å². The van der Waals surface area contributed by atoms with Gasteiger partial charge in [-0.15, -0.1) is 0 Å². The van der Waals surface area contributed by atoms with E-state index in [9.17, 15) is 9.59 Å². The number of piperidine rings is 1. The fourth-order valence-corrected chi connectivity index (χ4v) is 2.48. The number of pyridine rings is 1. The summed E-state index contributed by atoms with van der Waals surface area (Å²) in [4.78, 5) is 28.3. The summed E-state index contributed by atoms with van der Waals surface area (Å²) in [7, 11) is 1.36. The van der Waals surface area contributed by atoms with Gasteiger partial charge in [-0.25, -0.2) is 9.78 Å². The zero-order valence-corrected chi connectivity index (χ0v) is 12.4. The number of aromatic nitrogens is 1. The van der Waals surface area contributed by atoms with Crippen LogP contribution in [0.3, 0.4) is 0 Å². The zero-order valence-electron chi connectivity index (χ0n) is 11.6. The van der Waals surface area contributed by atoms with Crippen LogP contribution in [0.2, 0.25) is 5.02 Å². The quantitative estimate of drug-likeness (QED) is 0.881. The van der Waals surface area contributed by atoms with Gasteiger partial charge in [0.1, 0.15) is 5.82 Å². The van der Waals surface area contributed by atoms with E-state index in [2.05, 4.69) is 10.3 Å². The summed E-state index contributed by atoms with van der Waals surface area (Å²) in [5.41, 5.74) is 5.42. The first-order valence-corrected chi connectivity index (χ1v) is 6.94. The molecule has 2 heterocycles. The van der Waals surface area contributed by atoms with Gasteiger partial charge in [-0.3, -0.25) is 4.79 Å². The van der Waals surface area contributed by atoms with E-state index in [0.717, 1.165) is 12.8 Å². The van der Waals surface area contributed by atoms with Crippen molar-refractivity contribution in [2.75, 3.05) is 25.5 Å². The topological polar surface area (TPSA) is 97.6 Å². The SMILES string of the molecule is COC(=O)N1CCCC(Nc2ncc(C(N)=O)cc2Cl)C1. The predicted molar refractivity (Wildman–Crippen MR) is 78.4 cm³/mol. The van der Waals surface area contributed by atoms with Crippen LogP contribution in [0.5, 0.6) is 0 Å². The molecule has 0 radical (unpaired) electrons. The molecule has 1 aliphatic heterocycles. The number of carbonyl (C=O) groups is 2. The lowest BCUT2D eigenvalue weighted by Crippen LogP contribution is -2.45. The summed E-state index contributed by atoms with van der Waals surface area (Å²) in [6.45, 7) is 1.19. The van der Waals surface area contributed by atoms with Crippen LogP contribution in [-0.4, -0.2) is 48.1 Å². The van der Waals surface area contributed by atoms with Crippen molar-refractivity contribution >= 4 is 29.4 Å². The maximum absolute atomic E-state index is 11.5. The van der Waals surface area contributed by atoms with E-state index in [1.165, 1.54) is 19.4 Å². The van der Waals surface area contributed by atoms with E-state index < -0.39 is 5.91 Å². The summed E-state index contributed by atoms with van der Waals surface area (Å²) < 4.78 is 4.72. The van der Waals surface area contributed by atoms with Crippen LogP contribution < -0.4 is 11.1 Å². The summed E-state index contributed by atoms with van der Waals surface area (Å²) >= 11 is 6.08. The van der Waals surface area contributed by atoms with Gasteiger partial charge in [0.15, 0.2) is 0 Å². The second-order valence-electron chi connectivity index (χ2n) is 4.82. The Morgan fingerprint density at radius 3 is 2.95 bits per heavy atom. The first-order valence-electron chi connectivity index (χ1n) is 6.56. The minimum absolute atomic E-state index is 0.0299. The molecule has 8 heteroatoms. The second kappa shape index (κ2) is 6.62. The van der Waals surface area contributed by atoms with Gasteiger partial charge in [-0.05, 0) is 18.9 Å². The number of likely N-dealkylation sites (tertiary alicyclic amines) is 1. The monoisotopic (exact) mass is 312 g/mol. The molecule has 7 nitrogen and oxygen atoms in total. The number of rotatable bonds is 3. The third kappa shape index (κ3) is 3.75. The fourth-order valence-electron chi connectivity index (χ4n) is 2.26. The summed E-state index contributed by atoms with van der Waals surface area (Å²) in [6.07, 6.45) is 2.79. The molecule has 21 heavy (non-hydrogen) atoms. The number of nitrogens with zero attached hydrogens (tertiary/aromatic N) is 2. The summed E-state index contributed by atoms with van der Waals surface area (Å²) in [5.74, 6) is -0.108. The molecule has 114 valence electrons. The molecular weight excluding hydrogens is 296 g/mol. The molecule has 0 aromatic carbocycles. The number of nitrogens with two attached hydrogens (primary N) is 1. The van der Waals surface area contributed by atoms with Gasteiger partial charge >= 0.3 is 6.09 Å². The summed E-state index contributed by atoms with van der Waals surface area (Å²) in [6, 6.07) is 1.50. The highest BCUT2D eigenvalue weighted by molar-refractivity contribution is 6.33. The standard InChI is InChI=1S/C13H17ClN4O3/c1-21-13(20)18-4-2-3-9(7-18)17-12-10(14)5-8(6-16-12)11(15)19/h5-6,9H,2-4,7H2,1H3,(H2,15,19)(H,16,17). The lowest BCUT2D eigenvalue weighted by Gasteiger charge is -2.32. The van der Waals surface area contributed by atoms with Crippen molar-refractivity contribution in [1.29, 1.82) is 0 Å². The Balaban J connectivity index is 2.04. The van der Waals surface area contributed by atoms with Crippen LogP contribution in [0.25, 0.3) is 0 Å². The van der Waals surface area contributed by atoms with Crippen LogP contribution in [0.15, 0.2) is 12.3 Å². The molecule has 2 amide bonds. The van der Waals surface area contributed by atoms with E-state index in [1.54, 1.807) is 4.90 Å². The molecule has 3 N–H and O–H groups in total. The van der Waals surface area contributed by atoms with E-state index in [0.29, 0.717) is 23.9 Å². The van der Waals surface area contributed by atoms with Crippen molar-refractivity contribution in [2.45, 2.75) is 18.9 Å². The van der Waals surface area contributed by atoms with Crippen molar-refractivity contribution < 1.29 is 14.3 Å². The van der Waals surface area contributed by atoms with Crippen LogP contribution in [0, 0.1) is 0 Å². The largest absolute Gasteiger partial charge is 0.453 e.